The molecule has 2 nitrogen and oxygen atoms in total. The van der Waals surface area contributed by atoms with Gasteiger partial charge in [0.2, 0.25) is 0 Å². The van der Waals surface area contributed by atoms with E-state index in [1.165, 1.54) is 0 Å². The van der Waals surface area contributed by atoms with Crippen molar-refractivity contribution < 1.29 is 9.21 Å². The summed E-state index contributed by atoms with van der Waals surface area (Å²) in [6, 6.07) is 11.7. The lowest BCUT2D eigenvalue weighted by atomic mass is 10.1. The number of rotatable bonds is 1. The van der Waals surface area contributed by atoms with Crippen molar-refractivity contribution in [3.05, 3.63) is 47.5 Å². The van der Waals surface area contributed by atoms with E-state index in [1.807, 2.05) is 43.3 Å². The number of hydrogen-bond donors (Lipinski definition) is 0. The molecule has 0 aliphatic heterocycles. The smallest absolute Gasteiger partial charge is 0.150 e. The molecule has 3 rings (SSSR count). The fourth-order valence-corrected chi connectivity index (χ4v) is 2.07. The highest BCUT2D eigenvalue weighted by molar-refractivity contribution is 6.07. The minimum atomic E-state index is 0.687. The maximum atomic E-state index is 10.8. The summed E-state index contributed by atoms with van der Waals surface area (Å²) in [6.07, 6.45) is 0.863. The van der Waals surface area contributed by atoms with E-state index >= 15 is 0 Å². The van der Waals surface area contributed by atoms with Crippen LogP contribution in [0.4, 0.5) is 0 Å². The third kappa shape index (κ3) is 1.10. The molecule has 2 aromatic carbocycles. The summed E-state index contributed by atoms with van der Waals surface area (Å²) in [5.74, 6) is 0. The number of fused-ring (bicyclic) bond motifs is 3. The highest BCUT2D eigenvalue weighted by atomic mass is 16.3. The van der Waals surface area contributed by atoms with Gasteiger partial charge in [0.15, 0.2) is 0 Å². The summed E-state index contributed by atoms with van der Waals surface area (Å²) < 4.78 is 5.77. The van der Waals surface area contributed by atoms with Crippen molar-refractivity contribution >= 4 is 28.2 Å². The molecule has 1 aromatic heterocycles. The van der Waals surface area contributed by atoms with Crippen molar-refractivity contribution in [3.63, 3.8) is 0 Å². The molecule has 0 bridgehead atoms. The molecule has 0 unspecified atom stereocenters. The topological polar surface area (TPSA) is 30.2 Å². The maximum absolute atomic E-state index is 10.8. The number of aryl methyl sites for hydroxylation is 1. The van der Waals surface area contributed by atoms with E-state index in [9.17, 15) is 4.79 Å². The first kappa shape index (κ1) is 9.16. The van der Waals surface area contributed by atoms with Gasteiger partial charge in [-0.05, 0) is 19.1 Å². The molecule has 0 atom stereocenters. The fraction of sp³-hybridized carbons (Fsp3) is 0.0714. The van der Waals surface area contributed by atoms with Crippen LogP contribution in [0.2, 0.25) is 0 Å². The largest absolute Gasteiger partial charge is 0.456 e. The zero-order valence-electron chi connectivity index (χ0n) is 8.86. The summed E-state index contributed by atoms with van der Waals surface area (Å²) in [4.78, 5) is 10.8. The summed E-state index contributed by atoms with van der Waals surface area (Å²) in [5.41, 5.74) is 3.27. The van der Waals surface area contributed by atoms with E-state index in [0.29, 0.717) is 5.56 Å². The van der Waals surface area contributed by atoms with Crippen LogP contribution in [0.3, 0.4) is 0 Å². The lowest BCUT2D eigenvalue weighted by Crippen LogP contribution is -1.85. The van der Waals surface area contributed by atoms with Crippen LogP contribution in [0.5, 0.6) is 0 Å². The first-order valence-electron chi connectivity index (χ1n) is 5.17. The number of carbonyl (C=O) groups is 1. The highest BCUT2D eigenvalue weighted by Gasteiger charge is 2.10. The van der Waals surface area contributed by atoms with Gasteiger partial charge in [-0.1, -0.05) is 24.3 Å². The SMILES string of the molecule is Cc1c(C=O)ccc2c1oc1ccccc12. The van der Waals surface area contributed by atoms with Crippen LogP contribution in [-0.4, -0.2) is 6.29 Å². The van der Waals surface area contributed by atoms with E-state index in [2.05, 4.69) is 0 Å². The zero-order chi connectivity index (χ0) is 11.1. The van der Waals surface area contributed by atoms with Crippen LogP contribution in [0.15, 0.2) is 40.8 Å². The van der Waals surface area contributed by atoms with E-state index in [4.69, 9.17) is 4.42 Å². The molecule has 0 fully saturated rings. The second kappa shape index (κ2) is 3.20. The molecule has 16 heavy (non-hydrogen) atoms. The van der Waals surface area contributed by atoms with Crippen molar-refractivity contribution in [2.75, 3.05) is 0 Å². The number of hydrogen-bond acceptors (Lipinski definition) is 2. The molecule has 3 aromatic rings. The Kier molecular flexibility index (Phi) is 1.83. The second-order valence-electron chi connectivity index (χ2n) is 3.87. The Bertz CT molecular complexity index is 692. The highest BCUT2D eigenvalue weighted by Crippen LogP contribution is 2.31. The second-order valence-corrected chi connectivity index (χ2v) is 3.87. The van der Waals surface area contributed by atoms with Gasteiger partial charge >= 0.3 is 0 Å². The Hall–Kier alpha value is -2.09. The van der Waals surface area contributed by atoms with Crippen LogP contribution in [0.1, 0.15) is 15.9 Å². The molecule has 1 heterocycles. The average molecular weight is 210 g/mol. The number of aldehydes is 1. The standard InChI is InChI=1S/C14H10O2/c1-9-10(8-15)6-7-12-11-4-2-3-5-13(11)16-14(9)12/h2-8H,1H3. The Morgan fingerprint density at radius 2 is 1.88 bits per heavy atom. The van der Waals surface area contributed by atoms with Crippen molar-refractivity contribution in [1.82, 2.24) is 0 Å². The predicted octanol–water partition coefficient (Wildman–Crippen LogP) is 3.71. The first-order valence-corrected chi connectivity index (χ1v) is 5.17. The lowest BCUT2D eigenvalue weighted by molar-refractivity contribution is 0.112. The molecule has 2 heteroatoms. The van der Waals surface area contributed by atoms with Crippen LogP contribution in [-0.2, 0) is 0 Å². The van der Waals surface area contributed by atoms with Gasteiger partial charge in [0.1, 0.15) is 17.5 Å². The Morgan fingerprint density at radius 1 is 1.06 bits per heavy atom. The number of furan rings is 1. The number of carbonyl (C=O) groups excluding carboxylic acids is 1. The average Bonchev–Trinajstić information content (AvgIpc) is 2.69. The van der Waals surface area contributed by atoms with E-state index in [1.54, 1.807) is 0 Å². The maximum Gasteiger partial charge on any atom is 0.150 e. The normalized spacial score (nSPS) is 11.1. The molecule has 0 spiro atoms. The summed E-state index contributed by atoms with van der Waals surface area (Å²) in [7, 11) is 0. The van der Waals surface area contributed by atoms with E-state index in [-0.39, 0.29) is 0 Å². The molecule has 0 N–H and O–H groups in total. The molecule has 0 saturated carbocycles. The van der Waals surface area contributed by atoms with Gasteiger partial charge in [-0.15, -0.1) is 0 Å². The number of benzene rings is 2. The molecule has 0 aliphatic carbocycles. The van der Waals surface area contributed by atoms with Gasteiger partial charge in [0.25, 0.3) is 0 Å². The molecule has 0 aliphatic rings. The number of para-hydroxylation sites is 1. The molecule has 0 amide bonds. The molecule has 0 saturated heterocycles. The first-order chi connectivity index (χ1) is 7.81. The third-order valence-corrected chi connectivity index (χ3v) is 2.96. The predicted molar refractivity (Wildman–Crippen MR) is 63.8 cm³/mol. The van der Waals surface area contributed by atoms with Gasteiger partial charge in [-0.25, -0.2) is 0 Å². The quantitative estimate of drug-likeness (QED) is 0.573. The summed E-state index contributed by atoms with van der Waals surface area (Å²) in [5, 5.41) is 2.16. The van der Waals surface area contributed by atoms with Crippen molar-refractivity contribution in [1.29, 1.82) is 0 Å². The third-order valence-electron chi connectivity index (χ3n) is 2.96. The Balaban J connectivity index is 2.54. The van der Waals surface area contributed by atoms with E-state index < -0.39 is 0 Å². The van der Waals surface area contributed by atoms with Crippen LogP contribution < -0.4 is 0 Å². The summed E-state index contributed by atoms with van der Waals surface area (Å²) in [6.45, 7) is 1.91. The molecular formula is C14H10O2. The monoisotopic (exact) mass is 210 g/mol. The van der Waals surface area contributed by atoms with Crippen LogP contribution >= 0.6 is 0 Å². The van der Waals surface area contributed by atoms with Gasteiger partial charge in [-0.3, -0.25) is 4.79 Å². The van der Waals surface area contributed by atoms with Crippen LogP contribution in [0.25, 0.3) is 21.9 Å². The Morgan fingerprint density at radius 3 is 2.69 bits per heavy atom. The van der Waals surface area contributed by atoms with E-state index in [0.717, 1.165) is 33.8 Å². The summed E-state index contributed by atoms with van der Waals surface area (Å²) >= 11 is 0. The van der Waals surface area contributed by atoms with Gasteiger partial charge < -0.3 is 4.42 Å². The molecule has 0 radical (unpaired) electrons. The van der Waals surface area contributed by atoms with Gasteiger partial charge in [-0.2, -0.15) is 0 Å². The molecule has 78 valence electrons. The van der Waals surface area contributed by atoms with Gasteiger partial charge in [0, 0.05) is 21.9 Å². The van der Waals surface area contributed by atoms with Crippen molar-refractivity contribution in [2.45, 2.75) is 6.92 Å². The van der Waals surface area contributed by atoms with Crippen molar-refractivity contribution in [3.8, 4) is 0 Å². The molecular weight excluding hydrogens is 200 g/mol. The minimum Gasteiger partial charge on any atom is -0.456 e. The Labute approximate surface area is 92.5 Å². The van der Waals surface area contributed by atoms with Crippen LogP contribution in [0, 0.1) is 6.92 Å². The lowest BCUT2D eigenvalue weighted by Gasteiger charge is -1.97. The minimum absolute atomic E-state index is 0.687. The van der Waals surface area contributed by atoms with Crippen molar-refractivity contribution in [2.24, 2.45) is 0 Å². The van der Waals surface area contributed by atoms with Gasteiger partial charge in [0.05, 0.1) is 0 Å². The zero-order valence-corrected chi connectivity index (χ0v) is 8.86. The fourth-order valence-electron chi connectivity index (χ4n) is 2.07.